The fraction of sp³-hybridized carbons (Fsp3) is 0.294. The maximum absolute atomic E-state index is 12.3. The second-order valence-corrected chi connectivity index (χ2v) is 5.61. The van der Waals surface area contributed by atoms with Crippen molar-refractivity contribution >= 4 is 17.4 Å². The molecule has 1 heterocycles. The van der Waals surface area contributed by atoms with Gasteiger partial charge in [-0.25, -0.2) is 4.98 Å². The van der Waals surface area contributed by atoms with E-state index in [9.17, 15) is 4.79 Å². The Hall–Kier alpha value is -2.36. The predicted octanol–water partition coefficient (Wildman–Crippen LogP) is 3.66. The van der Waals surface area contributed by atoms with Crippen LogP contribution in [0.15, 0.2) is 30.3 Å². The van der Waals surface area contributed by atoms with Gasteiger partial charge < -0.3 is 11.1 Å². The summed E-state index contributed by atoms with van der Waals surface area (Å²) in [5.74, 6) is 0.419. The highest BCUT2D eigenvalue weighted by molar-refractivity contribution is 6.04. The number of carbonyl (C=O) groups is 1. The molecule has 110 valence electrons. The molecule has 1 amide bonds. The van der Waals surface area contributed by atoms with Crippen LogP contribution in [-0.4, -0.2) is 10.9 Å². The number of rotatable bonds is 3. The highest BCUT2D eigenvalue weighted by atomic mass is 16.1. The van der Waals surface area contributed by atoms with Gasteiger partial charge in [0.2, 0.25) is 0 Å². The second-order valence-electron chi connectivity index (χ2n) is 5.61. The van der Waals surface area contributed by atoms with Crippen molar-refractivity contribution in [2.24, 2.45) is 0 Å². The number of benzene rings is 1. The quantitative estimate of drug-likeness (QED) is 0.903. The van der Waals surface area contributed by atoms with E-state index in [1.807, 2.05) is 45.9 Å². The van der Waals surface area contributed by atoms with Gasteiger partial charge in [0.05, 0.1) is 0 Å². The lowest BCUT2D eigenvalue weighted by molar-refractivity contribution is 0.102. The molecule has 0 saturated heterocycles. The van der Waals surface area contributed by atoms with Gasteiger partial charge in [0.1, 0.15) is 5.82 Å². The molecule has 0 aliphatic rings. The van der Waals surface area contributed by atoms with Crippen molar-refractivity contribution in [2.75, 3.05) is 11.1 Å². The number of pyridine rings is 1. The maximum atomic E-state index is 12.3. The number of nitrogen functional groups attached to an aromatic ring is 1. The molecule has 0 fully saturated rings. The normalized spacial score (nSPS) is 10.7. The maximum Gasteiger partial charge on any atom is 0.255 e. The van der Waals surface area contributed by atoms with E-state index >= 15 is 0 Å². The highest BCUT2D eigenvalue weighted by Gasteiger charge is 2.11. The summed E-state index contributed by atoms with van der Waals surface area (Å²) in [7, 11) is 0. The van der Waals surface area contributed by atoms with Crippen molar-refractivity contribution in [1.82, 2.24) is 4.98 Å². The van der Waals surface area contributed by atoms with Crippen LogP contribution in [0.3, 0.4) is 0 Å². The van der Waals surface area contributed by atoms with Crippen molar-refractivity contribution < 1.29 is 4.79 Å². The highest BCUT2D eigenvalue weighted by Crippen LogP contribution is 2.18. The van der Waals surface area contributed by atoms with Crippen molar-refractivity contribution in [2.45, 2.75) is 33.6 Å². The van der Waals surface area contributed by atoms with Gasteiger partial charge in [-0.2, -0.15) is 0 Å². The summed E-state index contributed by atoms with van der Waals surface area (Å²) in [5.41, 5.74) is 10.3. The lowest BCUT2D eigenvalue weighted by atomic mass is 10.1. The largest absolute Gasteiger partial charge is 0.384 e. The summed E-state index contributed by atoms with van der Waals surface area (Å²) in [5, 5.41) is 2.90. The van der Waals surface area contributed by atoms with Gasteiger partial charge in [-0.3, -0.25) is 4.79 Å². The fourth-order valence-electron chi connectivity index (χ4n) is 2.02. The van der Waals surface area contributed by atoms with E-state index < -0.39 is 0 Å². The van der Waals surface area contributed by atoms with Gasteiger partial charge in [0.25, 0.3) is 5.91 Å². The lowest BCUT2D eigenvalue weighted by Crippen LogP contribution is -2.14. The number of aryl methyl sites for hydroxylation is 2. The molecule has 3 N–H and O–H groups in total. The van der Waals surface area contributed by atoms with Gasteiger partial charge in [0.15, 0.2) is 0 Å². The second kappa shape index (κ2) is 5.95. The van der Waals surface area contributed by atoms with Crippen molar-refractivity contribution in [3.63, 3.8) is 0 Å². The monoisotopic (exact) mass is 283 g/mol. The minimum atomic E-state index is -0.172. The molecular weight excluding hydrogens is 262 g/mol. The van der Waals surface area contributed by atoms with Crippen LogP contribution < -0.4 is 11.1 Å². The van der Waals surface area contributed by atoms with Crippen LogP contribution in [0.2, 0.25) is 0 Å². The van der Waals surface area contributed by atoms with E-state index in [0.29, 0.717) is 11.4 Å². The van der Waals surface area contributed by atoms with Crippen molar-refractivity contribution in [3.8, 4) is 0 Å². The Bertz CT molecular complexity index is 678. The number of aromatic nitrogens is 1. The van der Waals surface area contributed by atoms with Gasteiger partial charge in [-0.05, 0) is 55.2 Å². The summed E-state index contributed by atoms with van der Waals surface area (Å²) in [6.07, 6.45) is 0. The first kappa shape index (κ1) is 15.0. The van der Waals surface area contributed by atoms with Crippen LogP contribution >= 0.6 is 0 Å². The number of anilines is 2. The minimum absolute atomic E-state index is 0.172. The molecule has 4 nitrogen and oxygen atoms in total. The molecule has 1 aromatic heterocycles. The van der Waals surface area contributed by atoms with E-state index in [4.69, 9.17) is 5.73 Å². The first-order valence-electron chi connectivity index (χ1n) is 7.03. The summed E-state index contributed by atoms with van der Waals surface area (Å²) in [6, 6.07) is 9.24. The molecule has 0 bridgehead atoms. The summed E-state index contributed by atoms with van der Waals surface area (Å²) in [6.45, 7) is 8.10. The van der Waals surface area contributed by atoms with Crippen LogP contribution in [0, 0.1) is 13.8 Å². The third-order valence-electron chi connectivity index (χ3n) is 3.48. The first-order valence-corrected chi connectivity index (χ1v) is 7.03. The van der Waals surface area contributed by atoms with E-state index in [1.165, 1.54) is 5.56 Å². The lowest BCUT2D eigenvalue weighted by Gasteiger charge is -2.11. The van der Waals surface area contributed by atoms with Gasteiger partial charge in [-0.15, -0.1) is 0 Å². The Kier molecular flexibility index (Phi) is 4.26. The van der Waals surface area contributed by atoms with Gasteiger partial charge in [0, 0.05) is 16.9 Å². The standard InChI is InChI=1S/C17H21N3O/c1-10(2)15-8-13(9-16(18)20-15)17(21)19-14-6-5-11(3)12(4)7-14/h5-10H,1-4H3,(H2,18,20)(H,19,21). The number of carbonyl (C=O) groups excluding carboxylic acids is 1. The molecule has 2 aromatic rings. The Morgan fingerprint density at radius 1 is 1.14 bits per heavy atom. The van der Waals surface area contributed by atoms with E-state index in [1.54, 1.807) is 12.1 Å². The number of hydrogen-bond donors (Lipinski definition) is 2. The Morgan fingerprint density at radius 2 is 1.86 bits per heavy atom. The molecule has 4 heteroatoms. The smallest absolute Gasteiger partial charge is 0.255 e. The molecule has 21 heavy (non-hydrogen) atoms. The molecule has 1 aromatic carbocycles. The summed E-state index contributed by atoms with van der Waals surface area (Å²) >= 11 is 0. The molecule has 0 aliphatic carbocycles. The van der Waals surface area contributed by atoms with Crippen LogP contribution in [0.25, 0.3) is 0 Å². The molecule has 0 spiro atoms. The predicted molar refractivity (Wildman–Crippen MR) is 86.6 cm³/mol. The zero-order valence-corrected chi connectivity index (χ0v) is 12.9. The van der Waals surface area contributed by atoms with Crippen molar-refractivity contribution in [1.29, 1.82) is 0 Å². The SMILES string of the molecule is Cc1ccc(NC(=O)c2cc(N)nc(C(C)C)c2)cc1C. The van der Waals surface area contributed by atoms with Crippen LogP contribution in [0.1, 0.15) is 46.9 Å². The Balaban J connectivity index is 2.25. The van der Waals surface area contributed by atoms with Crippen LogP contribution in [0.4, 0.5) is 11.5 Å². The van der Waals surface area contributed by atoms with Crippen molar-refractivity contribution in [3.05, 3.63) is 52.7 Å². The zero-order valence-electron chi connectivity index (χ0n) is 12.9. The summed E-state index contributed by atoms with van der Waals surface area (Å²) < 4.78 is 0. The Labute approximate surface area is 125 Å². The first-order chi connectivity index (χ1) is 9.86. The molecule has 0 radical (unpaired) electrons. The number of hydrogen-bond acceptors (Lipinski definition) is 3. The average Bonchev–Trinajstić information content (AvgIpc) is 2.42. The number of nitrogens with zero attached hydrogens (tertiary/aromatic N) is 1. The molecule has 2 rings (SSSR count). The topological polar surface area (TPSA) is 68.0 Å². The van der Waals surface area contributed by atoms with E-state index in [0.717, 1.165) is 16.9 Å². The third kappa shape index (κ3) is 3.60. The number of nitrogens with two attached hydrogens (primary N) is 1. The molecule has 0 saturated carbocycles. The molecule has 0 aliphatic heterocycles. The van der Waals surface area contributed by atoms with E-state index in [2.05, 4.69) is 10.3 Å². The van der Waals surface area contributed by atoms with Gasteiger partial charge >= 0.3 is 0 Å². The molecular formula is C17H21N3O. The number of amides is 1. The molecule has 0 unspecified atom stereocenters. The average molecular weight is 283 g/mol. The fourth-order valence-corrected chi connectivity index (χ4v) is 2.02. The molecule has 0 atom stereocenters. The zero-order chi connectivity index (χ0) is 15.6. The number of nitrogens with one attached hydrogen (secondary N) is 1. The van der Waals surface area contributed by atoms with E-state index in [-0.39, 0.29) is 11.8 Å². The third-order valence-corrected chi connectivity index (χ3v) is 3.48. The summed E-state index contributed by atoms with van der Waals surface area (Å²) in [4.78, 5) is 16.6. The van der Waals surface area contributed by atoms with Crippen LogP contribution in [0.5, 0.6) is 0 Å². The van der Waals surface area contributed by atoms with Gasteiger partial charge in [-0.1, -0.05) is 19.9 Å². The minimum Gasteiger partial charge on any atom is -0.384 e. The Morgan fingerprint density at radius 3 is 2.48 bits per heavy atom. The van der Waals surface area contributed by atoms with Crippen LogP contribution in [-0.2, 0) is 0 Å².